The van der Waals surface area contributed by atoms with Gasteiger partial charge in [0.25, 0.3) is 0 Å². The van der Waals surface area contributed by atoms with E-state index in [2.05, 4.69) is 32.4 Å². The van der Waals surface area contributed by atoms with Crippen molar-refractivity contribution in [1.29, 1.82) is 0 Å². The first-order valence-corrected chi connectivity index (χ1v) is 12.0. The smallest absolute Gasteiger partial charge is 0.225 e. The normalized spacial score (nSPS) is 24.5. The third-order valence-electron chi connectivity index (χ3n) is 6.27. The van der Waals surface area contributed by atoms with E-state index in [0.717, 1.165) is 65.8 Å². The van der Waals surface area contributed by atoms with Gasteiger partial charge < -0.3 is 15.7 Å². The Morgan fingerprint density at radius 3 is 2.81 bits per heavy atom. The number of rotatable bonds is 6. The van der Waals surface area contributed by atoms with Crippen LogP contribution >= 0.6 is 11.3 Å². The zero-order valence-corrected chi connectivity index (χ0v) is 18.6. The second-order valence-electron chi connectivity index (χ2n) is 8.65. The standard InChI is InChI=1S/C22H29N7OS/c1-14-4-3-11-29(14)13-16-12-19(28-22-26-18-5-2-10-23-20(18)31-22)27-21(25-16)24-15-6-8-17(30)9-7-15/h2,5,10,12,14-15,17,30H,3-4,6-9,11,13H2,1H3,(H2,24,25,26,27,28). The number of pyridine rings is 1. The number of nitrogens with one attached hydrogen (secondary N) is 2. The highest BCUT2D eigenvalue weighted by atomic mass is 32.1. The summed E-state index contributed by atoms with van der Waals surface area (Å²) in [7, 11) is 0. The Hall–Kier alpha value is -2.36. The van der Waals surface area contributed by atoms with Gasteiger partial charge in [0.2, 0.25) is 5.95 Å². The minimum Gasteiger partial charge on any atom is -0.393 e. The summed E-state index contributed by atoms with van der Waals surface area (Å²) in [6.07, 6.45) is 7.61. The zero-order chi connectivity index (χ0) is 21.2. The minimum absolute atomic E-state index is 0.174. The van der Waals surface area contributed by atoms with Crippen molar-refractivity contribution in [3.05, 3.63) is 30.1 Å². The maximum atomic E-state index is 9.80. The average Bonchev–Trinajstić information content (AvgIpc) is 3.35. The third kappa shape index (κ3) is 4.94. The molecule has 1 saturated heterocycles. The fourth-order valence-electron chi connectivity index (χ4n) is 4.48. The van der Waals surface area contributed by atoms with Crippen LogP contribution in [0.3, 0.4) is 0 Å². The van der Waals surface area contributed by atoms with Gasteiger partial charge in [-0.3, -0.25) is 4.90 Å². The summed E-state index contributed by atoms with van der Waals surface area (Å²) in [6, 6.07) is 6.77. The number of thiazole rings is 1. The Balaban J connectivity index is 1.38. The van der Waals surface area contributed by atoms with Crippen LogP contribution < -0.4 is 10.6 Å². The Labute approximate surface area is 186 Å². The van der Waals surface area contributed by atoms with Crippen molar-refractivity contribution in [2.45, 2.75) is 70.2 Å². The molecule has 2 fully saturated rings. The number of fused-ring (bicyclic) bond motifs is 1. The van der Waals surface area contributed by atoms with E-state index in [1.54, 1.807) is 6.20 Å². The number of likely N-dealkylation sites (tertiary alicyclic amines) is 1. The number of anilines is 3. The van der Waals surface area contributed by atoms with E-state index < -0.39 is 0 Å². The van der Waals surface area contributed by atoms with Gasteiger partial charge in [0.15, 0.2) is 5.13 Å². The van der Waals surface area contributed by atoms with Crippen molar-refractivity contribution in [3.63, 3.8) is 0 Å². The number of aromatic nitrogens is 4. The summed E-state index contributed by atoms with van der Waals surface area (Å²) in [5, 5.41) is 17.5. The van der Waals surface area contributed by atoms with E-state index in [9.17, 15) is 5.11 Å². The molecule has 0 spiro atoms. The van der Waals surface area contributed by atoms with Crippen LogP contribution in [0.2, 0.25) is 0 Å². The highest BCUT2D eigenvalue weighted by Gasteiger charge is 2.23. The molecular formula is C22H29N7OS. The first-order valence-electron chi connectivity index (χ1n) is 11.2. The lowest BCUT2D eigenvalue weighted by Crippen LogP contribution is -2.30. The van der Waals surface area contributed by atoms with Crippen LogP contribution in [0, 0.1) is 0 Å². The Bertz CT molecular complexity index is 1000. The first kappa shape index (κ1) is 20.5. The second kappa shape index (κ2) is 9.02. The van der Waals surface area contributed by atoms with Crippen molar-refractivity contribution >= 4 is 38.6 Å². The molecule has 5 rings (SSSR count). The summed E-state index contributed by atoms with van der Waals surface area (Å²) < 4.78 is 0. The molecule has 9 heteroatoms. The maximum absolute atomic E-state index is 9.80. The van der Waals surface area contributed by atoms with Crippen LogP contribution in [-0.4, -0.2) is 54.7 Å². The molecule has 31 heavy (non-hydrogen) atoms. The number of aliphatic hydroxyl groups is 1. The molecule has 3 N–H and O–H groups in total. The van der Waals surface area contributed by atoms with E-state index in [1.807, 2.05) is 18.2 Å². The molecule has 0 amide bonds. The SMILES string of the molecule is CC1CCCN1Cc1cc(Nc2nc3cccnc3s2)nc(NC2CCC(O)CC2)n1. The van der Waals surface area contributed by atoms with Crippen molar-refractivity contribution in [1.82, 2.24) is 24.8 Å². The molecule has 8 nitrogen and oxygen atoms in total. The van der Waals surface area contributed by atoms with E-state index in [-0.39, 0.29) is 6.10 Å². The van der Waals surface area contributed by atoms with E-state index in [0.29, 0.717) is 18.0 Å². The van der Waals surface area contributed by atoms with Crippen LogP contribution in [-0.2, 0) is 6.54 Å². The van der Waals surface area contributed by atoms with Gasteiger partial charge in [-0.05, 0) is 64.1 Å². The van der Waals surface area contributed by atoms with Crippen molar-refractivity contribution in [2.75, 3.05) is 17.2 Å². The van der Waals surface area contributed by atoms with Gasteiger partial charge in [0.05, 0.1) is 11.8 Å². The number of hydrogen-bond acceptors (Lipinski definition) is 9. The van der Waals surface area contributed by atoms with Crippen LogP contribution in [0.15, 0.2) is 24.4 Å². The lowest BCUT2D eigenvalue weighted by Gasteiger charge is -2.26. The molecule has 4 heterocycles. The Kier molecular flexibility index (Phi) is 5.97. The lowest BCUT2D eigenvalue weighted by molar-refractivity contribution is 0.126. The fraction of sp³-hybridized carbons (Fsp3) is 0.545. The van der Waals surface area contributed by atoms with E-state index in [1.165, 1.54) is 24.2 Å². The van der Waals surface area contributed by atoms with E-state index >= 15 is 0 Å². The van der Waals surface area contributed by atoms with Crippen molar-refractivity contribution in [3.8, 4) is 0 Å². The van der Waals surface area contributed by atoms with Gasteiger partial charge in [0, 0.05) is 30.9 Å². The molecule has 0 bridgehead atoms. The van der Waals surface area contributed by atoms with Crippen LogP contribution in [0.4, 0.5) is 16.9 Å². The van der Waals surface area contributed by atoms with E-state index in [4.69, 9.17) is 9.97 Å². The molecule has 2 aliphatic rings. The number of hydrogen-bond donors (Lipinski definition) is 3. The molecule has 1 atom stereocenters. The highest BCUT2D eigenvalue weighted by Crippen LogP contribution is 2.28. The van der Waals surface area contributed by atoms with Gasteiger partial charge in [-0.25, -0.2) is 15.0 Å². The summed E-state index contributed by atoms with van der Waals surface area (Å²) in [5.41, 5.74) is 1.89. The summed E-state index contributed by atoms with van der Waals surface area (Å²) >= 11 is 1.52. The van der Waals surface area contributed by atoms with Gasteiger partial charge in [0.1, 0.15) is 16.2 Å². The topological polar surface area (TPSA) is 99.1 Å². The summed E-state index contributed by atoms with van der Waals surface area (Å²) in [6.45, 7) is 4.21. The minimum atomic E-state index is -0.174. The summed E-state index contributed by atoms with van der Waals surface area (Å²) in [4.78, 5) is 22.0. The van der Waals surface area contributed by atoms with Crippen LogP contribution in [0.5, 0.6) is 0 Å². The lowest BCUT2D eigenvalue weighted by atomic mass is 9.93. The van der Waals surface area contributed by atoms with Gasteiger partial charge >= 0.3 is 0 Å². The van der Waals surface area contributed by atoms with Crippen molar-refractivity contribution in [2.24, 2.45) is 0 Å². The molecule has 3 aromatic heterocycles. The predicted molar refractivity (Wildman–Crippen MR) is 124 cm³/mol. The molecule has 3 aromatic rings. The van der Waals surface area contributed by atoms with Crippen LogP contribution in [0.25, 0.3) is 10.3 Å². The average molecular weight is 440 g/mol. The maximum Gasteiger partial charge on any atom is 0.225 e. The predicted octanol–water partition coefficient (Wildman–Crippen LogP) is 3.92. The molecule has 0 aromatic carbocycles. The largest absolute Gasteiger partial charge is 0.393 e. The monoisotopic (exact) mass is 439 g/mol. The fourth-order valence-corrected chi connectivity index (χ4v) is 5.29. The zero-order valence-electron chi connectivity index (χ0n) is 17.8. The van der Waals surface area contributed by atoms with Gasteiger partial charge in [-0.2, -0.15) is 4.98 Å². The highest BCUT2D eigenvalue weighted by molar-refractivity contribution is 7.21. The summed E-state index contributed by atoms with van der Waals surface area (Å²) in [5.74, 6) is 1.39. The molecule has 1 aliphatic heterocycles. The third-order valence-corrected chi connectivity index (χ3v) is 7.16. The molecule has 1 aliphatic carbocycles. The molecule has 164 valence electrons. The number of nitrogens with zero attached hydrogens (tertiary/aromatic N) is 5. The van der Waals surface area contributed by atoms with Crippen LogP contribution in [0.1, 0.15) is 51.1 Å². The second-order valence-corrected chi connectivity index (χ2v) is 9.63. The quantitative estimate of drug-likeness (QED) is 0.531. The first-order chi connectivity index (χ1) is 15.1. The molecule has 1 saturated carbocycles. The Morgan fingerprint density at radius 2 is 2.03 bits per heavy atom. The van der Waals surface area contributed by atoms with Crippen molar-refractivity contribution < 1.29 is 5.11 Å². The van der Waals surface area contributed by atoms with Gasteiger partial charge in [-0.1, -0.05) is 11.3 Å². The number of aliphatic hydroxyl groups excluding tert-OH is 1. The molecule has 1 unspecified atom stereocenters. The molecular weight excluding hydrogens is 410 g/mol. The molecule has 0 radical (unpaired) electrons. The van der Waals surface area contributed by atoms with Gasteiger partial charge in [-0.15, -0.1) is 0 Å². The Morgan fingerprint density at radius 1 is 1.16 bits per heavy atom.